The van der Waals surface area contributed by atoms with E-state index in [1.165, 1.54) is 19.1 Å². The zero-order valence-electron chi connectivity index (χ0n) is 19.4. The highest BCUT2D eigenvalue weighted by molar-refractivity contribution is 5.74. The van der Waals surface area contributed by atoms with Crippen molar-refractivity contribution in [1.82, 2.24) is 9.80 Å². The van der Waals surface area contributed by atoms with Crippen molar-refractivity contribution in [2.45, 2.75) is 12.8 Å². The number of benzene rings is 1. The monoisotopic (exact) mass is 484 g/mol. The number of methoxy groups -OCH3 is 2. The molecule has 0 atom stereocenters. The van der Waals surface area contributed by atoms with Crippen molar-refractivity contribution in [2.24, 2.45) is 0 Å². The van der Waals surface area contributed by atoms with E-state index in [0.717, 1.165) is 0 Å². The van der Waals surface area contributed by atoms with E-state index in [9.17, 15) is 29.4 Å². The summed E-state index contributed by atoms with van der Waals surface area (Å²) in [7, 11) is 2.49. The summed E-state index contributed by atoms with van der Waals surface area (Å²) in [6.45, 7) is 2.25. The van der Waals surface area contributed by atoms with Crippen LogP contribution in [0.25, 0.3) is 0 Å². The average molecular weight is 485 g/mol. The molecular weight excluding hydrogens is 452 g/mol. The third-order valence-electron chi connectivity index (χ3n) is 5.06. The Bertz CT molecular complexity index is 770. The van der Waals surface area contributed by atoms with Gasteiger partial charge in [0.05, 0.1) is 27.3 Å². The first kappa shape index (κ1) is 28.7. The van der Waals surface area contributed by atoms with Crippen LogP contribution in [0.15, 0.2) is 12.1 Å². The van der Waals surface area contributed by atoms with Crippen LogP contribution >= 0.6 is 0 Å². The highest BCUT2D eigenvalue weighted by atomic mass is 16.5. The molecule has 1 rings (SSSR count). The Morgan fingerprint density at radius 2 is 1.18 bits per heavy atom. The van der Waals surface area contributed by atoms with Crippen LogP contribution in [0.1, 0.15) is 11.1 Å². The number of ether oxygens (including phenoxy) is 4. The normalized spacial score (nSPS) is 10.7. The van der Waals surface area contributed by atoms with Crippen LogP contribution in [0.2, 0.25) is 0 Å². The summed E-state index contributed by atoms with van der Waals surface area (Å²) in [6.07, 6.45) is 0.629. The van der Waals surface area contributed by atoms with Gasteiger partial charge in [0.25, 0.3) is 12.9 Å². The molecule has 1 aromatic rings. The Morgan fingerprint density at radius 3 is 1.56 bits per heavy atom. The van der Waals surface area contributed by atoms with Crippen molar-refractivity contribution in [1.29, 1.82) is 0 Å². The van der Waals surface area contributed by atoms with Gasteiger partial charge in [-0.3, -0.25) is 29.0 Å². The number of phenols is 2. The van der Waals surface area contributed by atoms with Crippen LogP contribution in [-0.4, -0.2) is 112 Å². The van der Waals surface area contributed by atoms with Crippen molar-refractivity contribution in [2.75, 3.05) is 66.7 Å². The number of hydrogen-bond donors (Lipinski definition) is 2. The molecule has 0 heterocycles. The number of esters is 2. The van der Waals surface area contributed by atoms with E-state index in [4.69, 9.17) is 9.47 Å². The van der Waals surface area contributed by atoms with Crippen LogP contribution in [0.4, 0.5) is 0 Å². The second-order valence-corrected chi connectivity index (χ2v) is 7.22. The molecule has 0 radical (unpaired) electrons. The van der Waals surface area contributed by atoms with Crippen LogP contribution in [0.5, 0.6) is 11.5 Å². The smallest absolute Gasteiger partial charge is 0.319 e. The van der Waals surface area contributed by atoms with Gasteiger partial charge in [0, 0.05) is 26.2 Å². The van der Waals surface area contributed by atoms with E-state index in [1.54, 1.807) is 12.1 Å². The predicted octanol–water partition coefficient (Wildman–Crippen LogP) is -0.521. The first-order chi connectivity index (χ1) is 16.4. The van der Waals surface area contributed by atoms with Crippen LogP contribution in [0.3, 0.4) is 0 Å². The van der Waals surface area contributed by atoms with Crippen molar-refractivity contribution < 1.29 is 48.3 Å². The summed E-state index contributed by atoms with van der Waals surface area (Å²) < 4.78 is 18.7. The number of phenolic OH excluding ortho intramolecular Hbond substituents is 2. The maximum absolute atomic E-state index is 11.6. The Kier molecular flexibility index (Phi) is 13.7. The van der Waals surface area contributed by atoms with Crippen molar-refractivity contribution in [3.63, 3.8) is 0 Å². The molecule has 0 aromatic heterocycles. The molecule has 2 N–H and O–H groups in total. The molecule has 1 aromatic carbocycles. The summed E-state index contributed by atoms with van der Waals surface area (Å²) in [4.78, 5) is 47.3. The standard InChI is InChI=1S/C22H32N2O10/c1-31-19(27)13-24(14-20(28)32-2)8-6-18-4-3-17(21(29)22(18)30)5-7-23(9-11-33-15-25)10-12-34-16-26/h3-4,15-16,29-30H,5-14H2,1-2H3. The quantitative estimate of drug-likeness (QED) is 0.0906. The van der Waals surface area contributed by atoms with E-state index in [1.807, 2.05) is 4.90 Å². The number of nitrogens with zero attached hydrogens (tertiary/aromatic N) is 2. The van der Waals surface area contributed by atoms with Crippen LogP contribution in [0, 0.1) is 0 Å². The predicted molar refractivity (Wildman–Crippen MR) is 118 cm³/mol. The summed E-state index contributed by atoms with van der Waals surface area (Å²) >= 11 is 0. The van der Waals surface area contributed by atoms with Crippen molar-refractivity contribution >= 4 is 24.9 Å². The molecule has 0 amide bonds. The maximum Gasteiger partial charge on any atom is 0.319 e. The van der Waals surface area contributed by atoms with Gasteiger partial charge < -0.3 is 29.2 Å². The molecule has 0 aliphatic rings. The topological polar surface area (TPSA) is 152 Å². The lowest BCUT2D eigenvalue weighted by molar-refractivity contribution is -0.145. The minimum absolute atomic E-state index is 0.131. The largest absolute Gasteiger partial charge is 0.504 e. The summed E-state index contributed by atoms with van der Waals surface area (Å²) in [5.74, 6) is -1.59. The summed E-state index contributed by atoms with van der Waals surface area (Å²) in [5.41, 5.74) is 0.941. The van der Waals surface area contributed by atoms with E-state index >= 15 is 0 Å². The molecular formula is C22H32N2O10. The molecule has 0 fully saturated rings. The van der Waals surface area contributed by atoms with Gasteiger partial charge in [0.15, 0.2) is 11.5 Å². The Balaban J connectivity index is 2.79. The average Bonchev–Trinajstić information content (AvgIpc) is 2.83. The van der Waals surface area contributed by atoms with E-state index in [2.05, 4.69) is 9.47 Å². The van der Waals surface area contributed by atoms with Crippen molar-refractivity contribution in [3.05, 3.63) is 23.3 Å². The number of carbonyl (C=O) groups excluding carboxylic acids is 4. The molecule has 190 valence electrons. The molecule has 12 heteroatoms. The molecule has 0 aliphatic heterocycles. The van der Waals surface area contributed by atoms with Crippen LogP contribution in [-0.2, 0) is 51.0 Å². The first-order valence-electron chi connectivity index (χ1n) is 10.6. The molecule has 0 spiro atoms. The van der Waals surface area contributed by atoms with E-state index in [0.29, 0.717) is 50.1 Å². The second kappa shape index (κ2) is 16.3. The van der Waals surface area contributed by atoms with Gasteiger partial charge in [-0.15, -0.1) is 0 Å². The van der Waals surface area contributed by atoms with Crippen LogP contribution < -0.4 is 0 Å². The number of hydrogen-bond acceptors (Lipinski definition) is 12. The zero-order chi connectivity index (χ0) is 25.3. The maximum atomic E-state index is 11.6. The molecule has 0 bridgehead atoms. The highest BCUT2D eigenvalue weighted by Gasteiger charge is 2.18. The Labute approximate surface area is 197 Å². The third kappa shape index (κ3) is 10.5. The fourth-order valence-electron chi connectivity index (χ4n) is 3.13. The lowest BCUT2D eigenvalue weighted by Crippen LogP contribution is -2.37. The Morgan fingerprint density at radius 1 is 0.765 bits per heavy atom. The SMILES string of the molecule is COC(=O)CN(CCc1ccc(CCN(CCOC=O)CCOC=O)c(O)c1O)CC(=O)OC. The molecule has 0 aliphatic carbocycles. The molecule has 34 heavy (non-hydrogen) atoms. The van der Waals surface area contributed by atoms with Crippen molar-refractivity contribution in [3.8, 4) is 11.5 Å². The van der Waals surface area contributed by atoms with Gasteiger partial charge in [-0.2, -0.15) is 0 Å². The third-order valence-corrected chi connectivity index (χ3v) is 5.06. The lowest BCUT2D eigenvalue weighted by atomic mass is 10.0. The molecule has 0 unspecified atom stereocenters. The fraction of sp³-hybridized carbons (Fsp3) is 0.545. The van der Waals surface area contributed by atoms with E-state index < -0.39 is 11.9 Å². The number of carbonyl (C=O) groups is 4. The molecule has 0 saturated heterocycles. The Hall–Kier alpha value is -3.38. The first-order valence-corrected chi connectivity index (χ1v) is 10.6. The summed E-state index contributed by atoms with van der Waals surface area (Å²) in [5, 5.41) is 21.0. The lowest BCUT2D eigenvalue weighted by Gasteiger charge is -2.22. The summed E-state index contributed by atoms with van der Waals surface area (Å²) in [6, 6.07) is 3.34. The number of aromatic hydroxyl groups is 2. The van der Waals surface area contributed by atoms with Gasteiger partial charge in [-0.05, 0) is 24.0 Å². The molecule has 0 saturated carbocycles. The zero-order valence-corrected chi connectivity index (χ0v) is 19.4. The second-order valence-electron chi connectivity index (χ2n) is 7.22. The minimum Gasteiger partial charge on any atom is -0.504 e. The highest BCUT2D eigenvalue weighted by Crippen LogP contribution is 2.33. The molecule has 12 nitrogen and oxygen atoms in total. The van der Waals surface area contributed by atoms with Gasteiger partial charge in [-0.25, -0.2) is 0 Å². The van der Waals surface area contributed by atoms with E-state index in [-0.39, 0.29) is 50.8 Å². The van der Waals surface area contributed by atoms with Gasteiger partial charge >= 0.3 is 11.9 Å². The van der Waals surface area contributed by atoms with Gasteiger partial charge in [0.2, 0.25) is 0 Å². The number of rotatable bonds is 18. The van der Waals surface area contributed by atoms with Gasteiger partial charge in [-0.1, -0.05) is 12.1 Å². The fourth-order valence-corrected chi connectivity index (χ4v) is 3.13. The minimum atomic E-state index is -0.520. The van der Waals surface area contributed by atoms with Gasteiger partial charge in [0.1, 0.15) is 13.2 Å².